The van der Waals surface area contributed by atoms with Gasteiger partial charge in [-0.15, -0.1) is 0 Å². The first-order valence-corrected chi connectivity index (χ1v) is 7.67. The van der Waals surface area contributed by atoms with E-state index in [2.05, 4.69) is 10.2 Å². The largest absolute Gasteiger partial charge is 0.395 e. The second-order valence-corrected chi connectivity index (χ2v) is 5.32. The van der Waals surface area contributed by atoms with E-state index in [0.29, 0.717) is 38.4 Å². The average Bonchev–Trinajstić information content (AvgIpc) is 2.55. The third kappa shape index (κ3) is 4.05. The van der Waals surface area contributed by atoms with Crippen LogP contribution >= 0.6 is 0 Å². The van der Waals surface area contributed by atoms with E-state index in [-0.39, 0.29) is 6.61 Å². The summed E-state index contributed by atoms with van der Waals surface area (Å²) in [6, 6.07) is 7.50. The van der Waals surface area contributed by atoms with Crippen molar-refractivity contribution in [2.45, 2.75) is 13.3 Å². The Balaban J connectivity index is 1.91. The zero-order valence-electron chi connectivity index (χ0n) is 12.9. The number of nitrogens with zero attached hydrogens (tertiary/aromatic N) is 2. The molecule has 0 aliphatic carbocycles. The quantitative estimate of drug-likeness (QED) is 0.786. The molecule has 0 spiro atoms. The third-order valence-corrected chi connectivity index (χ3v) is 3.92. The highest BCUT2D eigenvalue weighted by atomic mass is 16.3. The molecule has 1 aromatic rings. The van der Waals surface area contributed by atoms with Gasteiger partial charge in [0.05, 0.1) is 6.61 Å². The van der Waals surface area contributed by atoms with Gasteiger partial charge in [0.15, 0.2) is 0 Å². The second kappa shape index (κ2) is 7.91. The summed E-state index contributed by atoms with van der Waals surface area (Å²) in [4.78, 5) is 28.0. The minimum absolute atomic E-state index is 0.113. The Morgan fingerprint density at radius 3 is 2.50 bits per heavy atom. The number of aliphatic hydroxyl groups excluding tert-OH is 1. The molecule has 2 amide bonds. The van der Waals surface area contributed by atoms with Crippen LogP contribution in [0.5, 0.6) is 0 Å². The van der Waals surface area contributed by atoms with Crippen LogP contribution in [0.25, 0.3) is 0 Å². The zero-order valence-corrected chi connectivity index (χ0v) is 12.9. The Morgan fingerprint density at radius 2 is 1.86 bits per heavy atom. The van der Waals surface area contributed by atoms with E-state index in [4.69, 9.17) is 5.11 Å². The molecule has 2 rings (SSSR count). The van der Waals surface area contributed by atoms with Crippen LogP contribution < -0.4 is 5.32 Å². The Kier molecular flexibility index (Phi) is 5.91. The molecule has 2 N–H and O–H groups in total. The van der Waals surface area contributed by atoms with E-state index in [0.717, 1.165) is 12.0 Å². The van der Waals surface area contributed by atoms with E-state index in [1.54, 1.807) is 4.90 Å². The summed E-state index contributed by atoms with van der Waals surface area (Å²) >= 11 is 0. The smallest absolute Gasteiger partial charge is 0.313 e. The SMILES string of the molecule is CCc1ccccc1NC(=O)C(=O)N1CCN(CCO)CC1. The molecule has 1 aliphatic heterocycles. The fraction of sp³-hybridized carbons (Fsp3) is 0.500. The maximum absolute atomic E-state index is 12.2. The Hall–Kier alpha value is -1.92. The maximum atomic E-state index is 12.2. The number of amides is 2. The molecule has 0 saturated carbocycles. The number of hydrogen-bond donors (Lipinski definition) is 2. The van der Waals surface area contributed by atoms with Crippen molar-refractivity contribution in [2.75, 3.05) is 44.6 Å². The fourth-order valence-electron chi connectivity index (χ4n) is 2.59. The van der Waals surface area contributed by atoms with Crippen LogP contribution in [-0.4, -0.2) is 66.1 Å². The van der Waals surface area contributed by atoms with Gasteiger partial charge in [-0.05, 0) is 18.1 Å². The van der Waals surface area contributed by atoms with Crippen molar-refractivity contribution in [1.82, 2.24) is 9.80 Å². The molecule has 6 heteroatoms. The Morgan fingerprint density at radius 1 is 1.18 bits per heavy atom. The van der Waals surface area contributed by atoms with Gasteiger partial charge in [0, 0.05) is 38.4 Å². The van der Waals surface area contributed by atoms with Gasteiger partial charge in [0.1, 0.15) is 0 Å². The Bertz CT molecular complexity index is 525. The highest BCUT2D eigenvalue weighted by molar-refractivity contribution is 6.39. The van der Waals surface area contributed by atoms with Gasteiger partial charge in [-0.3, -0.25) is 14.5 Å². The molecule has 1 aliphatic rings. The number of aryl methyl sites for hydroxylation is 1. The van der Waals surface area contributed by atoms with Crippen molar-refractivity contribution >= 4 is 17.5 Å². The standard InChI is InChI=1S/C16H23N3O3/c1-2-13-5-3-4-6-14(13)17-15(21)16(22)19-9-7-18(8-10-19)11-12-20/h3-6,20H,2,7-12H2,1H3,(H,17,21). The van der Waals surface area contributed by atoms with Crippen LogP contribution in [0.2, 0.25) is 0 Å². The second-order valence-electron chi connectivity index (χ2n) is 5.32. The van der Waals surface area contributed by atoms with Crippen LogP contribution in [0.3, 0.4) is 0 Å². The number of rotatable bonds is 4. The van der Waals surface area contributed by atoms with Crippen molar-refractivity contribution in [3.8, 4) is 0 Å². The number of nitrogens with one attached hydrogen (secondary N) is 1. The molecule has 1 aromatic carbocycles. The number of carbonyl (C=O) groups is 2. The van der Waals surface area contributed by atoms with Crippen molar-refractivity contribution < 1.29 is 14.7 Å². The van der Waals surface area contributed by atoms with E-state index in [1.807, 2.05) is 31.2 Å². The summed E-state index contributed by atoms with van der Waals surface area (Å²) in [6.07, 6.45) is 0.796. The first-order chi connectivity index (χ1) is 10.7. The lowest BCUT2D eigenvalue weighted by Crippen LogP contribution is -2.52. The summed E-state index contributed by atoms with van der Waals surface area (Å²) in [6.45, 7) is 5.13. The number of β-amino-alcohol motifs (C(OH)–C–C–N with tert-alkyl or cyclic N) is 1. The highest BCUT2D eigenvalue weighted by Gasteiger charge is 2.26. The summed E-state index contributed by atoms with van der Waals surface area (Å²) in [5.41, 5.74) is 1.71. The van der Waals surface area contributed by atoms with Crippen LogP contribution in [-0.2, 0) is 16.0 Å². The third-order valence-electron chi connectivity index (χ3n) is 3.92. The van der Waals surface area contributed by atoms with Crippen molar-refractivity contribution in [1.29, 1.82) is 0 Å². The van der Waals surface area contributed by atoms with E-state index in [9.17, 15) is 9.59 Å². The molecule has 0 aromatic heterocycles. The van der Waals surface area contributed by atoms with E-state index >= 15 is 0 Å². The van der Waals surface area contributed by atoms with Gasteiger partial charge in [0.25, 0.3) is 0 Å². The fourth-order valence-corrected chi connectivity index (χ4v) is 2.59. The van der Waals surface area contributed by atoms with Crippen LogP contribution in [0, 0.1) is 0 Å². The van der Waals surface area contributed by atoms with Crippen molar-refractivity contribution in [3.63, 3.8) is 0 Å². The molecule has 0 bridgehead atoms. The predicted octanol–water partition coefficient (Wildman–Crippen LogP) is 0.324. The lowest BCUT2D eigenvalue weighted by molar-refractivity contribution is -0.144. The summed E-state index contributed by atoms with van der Waals surface area (Å²) in [7, 11) is 0. The molecule has 1 heterocycles. The number of para-hydroxylation sites is 1. The molecule has 6 nitrogen and oxygen atoms in total. The summed E-state index contributed by atoms with van der Waals surface area (Å²) in [5.74, 6) is -1.08. The first-order valence-electron chi connectivity index (χ1n) is 7.67. The lowest BCUT2D eigenvalue weighted by Gasteiger charge is -2.33. The van der Waals surface area contributed by atoms with Crippen LogP contribution in [0.4, 0.5) is 5.69 Å². The summed E-state index contributed by atoms with van der Waals surface area (Å²) < 4.78 is 0. The molecule has 0 radical (unpaired) electrons. The van der Waals surface area contributed by atoms with Crippen LogP contribution in [0.1, 0.15) is 12.5 Å². The van der Waals surface area contributed by atoms with Gasteiger partial charge in [-0.1, -0.05) is 25.1 Å². The minimum atomic E-state index is -0.587. The topological polar surface area (TPSA) is 72.9 Å². The Labute approximate surface area is 130 Å². The molecule has 0 unspecified atom stereocenters. The number of aliphatic hydroxyl groups is 1. The molecular weight excluding hydrogens is 282 g/mol. The van der Waals surface area contributed by atoms with Gasteiger partial charge >= 0.3 is 11.8 Å². The molecule has 1 fully saturated rings. The van der Waals surface area contributed by atoms with Gasteiger partial charge < -0.3 is 15.3 Å². The number of hydrogen-bond acceptors (Lipinski definition) is 4. The number of benzene rings is 1. The van der Waals surface area contributed by atoms with Gasteiger partial charge in [-0.25, -0.2) is 0 Å². The number of piperazine rings is 1. The normalized spacial score (nSPS) is 15.6. The minimum Gasteiger partial charge on any atom is -0.395 e. The van der Waals surface area contributed by atoms with Gasteiger partial charge in [0.2, 0.25) is 0 Å². The molecular formula is C16H23N3O3. The average molecular weight is 305 g/mol. The zero-order chi connectivity index (χ0) is 15.9. The lowest BCUT2D eigenvalue weighted by atomic mass is 10.1. The maximum Gasteiger partial charge on any atom is 0.313 e. The van der Waals surface area contributed by atoms with Gasteiger partial charge in [-0.2, -0.15) is 0 Å². The van der Waals surface area contributed by atoms with Crippen molar-refractivity contribution in [3.05, 3.63) is 29.8 Å². The predicted molar refractivity (Wildman–Crippen MR) is 84.6 cm³/mol. The molecule has 120 valence electrons. The van der Waals surface area contributed by atoms with E-state index in [1.165, 1.54) is 0 Å². The van der Waals surface area contributed by atoms with E-state index < -0.39 is 11.8 Å². The van der Waals surface area contributed by atoms with Crippen molar-refractivity contribution in [2.24, 2.45) is 0 Å². The number of carbonyl (C=O) groups excluding carboxylic acids is 2. The molecule has 1 saturated heterocycles. The highest BCUT2D eigenvalue weighted by Crippen LogP contribution is 2.15. The summed E-state index contributed by atoms with van der Waals surface area (Å²) in [5, 5.41) is 11.6. The molecule has 22 heavy (non-hydrogen) atoms. The van der Waals surface area contributed by atoms with Crippen LogP contribution in [0.15, 0.2) is 24.3 Å². The monoisotopic (exact) mass is 305 g/mol. The molecule has 0 atom stereocenters. The number of anilines is 1. The first kappa shape index (κ1) is 16.5.